The van der Waals surface area contributed by atoms with Gasteiger partial charge in [0, 0.05) is 13.7 Å². The van der Waals surface area contributed by atoms with Crippen molar-refractivity contribution in [3.63, 3.8) is 0 Å². The average molecular weight is 315 g/mol. The van der Waals surface area contributed by atoms with Crippen LogP contribution < -0.4 is 11.1 Å². The molecule has 2 unspecified atom stereocenters. The van der Waals surface area contributed by atoms with Gasteiger partial charge in [-0.25, -0.2) is 0 Å². The van der Waals surface area contributed by atoms with E-state index in [0.29, 0.717) is 18.9 Å². The second kappa shape index (κ2) is 9.77. The summed E-state index contributed by atoms with van der Waals surface area (Å²) >= 11 is 0. The van der Waals surface area contributed by atoms with Crippen molar-refractivity contribution >= 4 is 18.3 Å². The van der Waals surface area contributed by atoms with Gasteiger partial charge < -0.3 is 15.8 Å². The Kier molecular flexibility index (Phi) is 9.26. The molecule has 0 radical (unpaired) electrons. The lowest BCUT2D eigenvalue weighted by molar-refractivity contribution is -0.124. The minimum absolute atomic E-state index is 0. The van der Waals surface area contributed by atoms with Gasteiger partial charge in [0.2, 0.25) is 5.91 Å². The molecule has 0 aliphatic heterocycles. The van der Waals surface area contributed by atoms with E-state index in [4.69, 9.17) is 10.5 Å². The topological polar surface area (TPSA) is 64.3 Å². The van der Waals surface area contributed by atoms with Crippen molar-refractivity contribution in [2.45, 2.75) is 45.3 Å². The lowest BCUT2D eigenvalue weighted by Gasteiger charge is -2.18. The molecule has 0 heterocycles. The molecule has 120 valence electrons. The van der Waals surface area contributed by atoms with Crippen LogP contribution in [0, 0.1) is 0 Å². The number of nitrogens with one attached hydrogen (secondary N) is 1. The molecule has 0 saturated heterocycles. The second-order valence-electron chi connectivity index (χ2n) is 5.41. The number of hydrogen-bond acceptors (Lipinski definition) is 3. The van der Waals surface area contributed by atoms with Gasteiger partial charge in [0.15, 0.2) is 0 Å². The van der Waals surface area contributed by atoms with E-state index >= 15 is 0 Å². The Hall–Kier alpha value is -1.10. The quantitative estimate of drug-likeness (QED) is 0.813. The Bertz CT molecular complexity index is 417. The number of nitrogens with two attached hydrogens (primary N) is 1. The number of methoxy groups -OCH3 is 1. The van der Waals surface area contributed by atoms with Crippen LogP contribution in [-0.4, -0.2) is 25.7 Å². The van der Waals surface area contributed by atoms with E-state index < -0.39 is 0 Å². The number of hydrogen-bond donors (Lipinski definition) is 2. The number of halogens is 1. The van der Waals surface area contributed by atoms with Crippen molar-refractivity contribution in [3.8, 4) is 0 Å². The fourth-order valence-electron chi connectivity index (χ4n) is 2.02. The Labute approximate surface area is 133 Å². The molecule has 3 N–H and O–H groups in total. The standard InChI is InChI=1S/C16H26N2O2.ClH/c1-11(2)13-5-7-14(8-6-13)12(3)18-16(19)9-15(10-17)20-4;/h5-8,11-12,15H,9-10,17H2,1-4H3,(H,18,19);1H. The minimum Gasteiger partial charge on any atom is -0.380 e. The average Bonchev–Trinajstić information content (AvgIpc) is 2.44. The van der Waals surface area contributed by atoms with E-state index in [2.05, 4.69) is 43.4 Å². The second-order valence-corrected chi connectivity index (χ2v) is 5.41. The van der Waals surface area contributed by atoms with Crippen molar-refractivity contribution in [1.82, 2.24) is 5.32 Å². The fraction of sp³-hybridized carbons (Fsp3) is 0.562. The van der Waals surface area contributed by atoms with Gasteiger partial charge in [-0.3, -0.25) is 4.79 Å². The molecule has 1 aromatic carbocycles. The zero-order valence-electron chi connectivity index (χ0n) is 13.3. The summed E-state index contributed by atoms with van der Waals surface area (Å²) in [7, 11) is 1.57. The molecule has 0 spiro atoms. The number of carbonyl (C=O) groups excluding carboxylic acids is 1. The largest absolute Gasteiger partial charge is 0.380 e. The van der Waals surface area contributed by atoms with Crippen LogP contribution in [0.3, 0.4) is 0 Å². The maximum atomic E-state index is 11.9. The Morgan fingerprint density at radius 1 is 1.19 bits per heavy atom. The van der Waals surface area contributed by atoms with Gasteiger partial charge in [-0.2, -0.15) is 0 Å². The lowest BCUT2D eigenvalue weighted by Crippen LogP contribution is -2.33. The number of rotatable bonds is 7. The minimum atomic E-state index is -0.217. The van der Waals surface area contributed by atoms with E-state index in [1.54, 1.807) is 7.11 Å². The number of carbonyl (C=O) groups is 1. The van der Waals surface area contributed by atoms with Crippen LogP contribution in [0.4, 0.5) is 0 Å². The summed E-state index contributed by atoms with van der Waals surface area (Å²) in [5.41, 5.74) is 7.92. The van der Waals surface area contributed by atoms with Crippen LogP contribution in [-0.2, 0) is 9.53 Å². The van der Waals surface area contributed by atoms with Crippen molar-refractivity contribution in [1.29, 1.82) is 0 Å². The summed E-state index contributed by atoms with van der Waals surface area (Å²) in [6.45, 7) is 6.66. The lowest BCUT2D eigenvalue weighted by atomic mass is 9.99. The molecule has 0 saturated carbocycles. The molecule has 1 rings (SSSR count). The molecule has 2 atom stereocenters. The van der Waals surface area contributed by atoms with Gasteiger partial charge in [0.1, 0.15) is 0 Å². The van der Waals surface area contributed by atoms with Crippen LogP contribution in [0.15, 0.2) is 24.3 Å². The summed E-state index contributed by atoms with van der Waals surface area (Å²) in [5.74, 6) is 0.476. The first-order chi connectivity index (χ1) is 9.47. The highest BCUT2D eigenvalue weighted by Crippen LogP contribution is 2.18. The molecular weight excluding hydrogens is 288 g/mol. The van der Waals surface area contributed by atoms with Crippen molar-refractivity contribution in [3.05, 3.63) is 35.4 Å². The first kappa shape index (κ1) is 19.9. The molecule has 21 heavy (non-hydrogen) atoms. The zero-order chi connectivity index (χ0) is 15.1. The number of benzene rings is 1. The Morgan fingerprint density at radius 2 is 1.71 bits per heavy atom. The Balaban J connectivity index is 0.00000400. The normalized spacial score (nSPS) is 13.4. The number of amides is 1. The van der Waals surface area contributed by atoms with E-state index in [1.807, 2.05) is 6.92 Å². The molecule has 1 amide bonds. The first-order valence-electron chi connectivity index (χ1n) is 7.10. The van der Waals surface area contributed by atoms with E-state index in [0.717, 1.165) is 5.56 Å². The van der Waals surface area contributed by atoms with Gasteiger partial charge in [-0.1, -0.05) is 38.1 Å². The first-order valence-corrected chi connectivity index (χ1v) is 7.10. The highest BCUT2D eigenvalue weighted by atomic mass is 35.5. The molecular formula is C16H27ClN2O2. The van der Waals surface area contributed by atoms with Gasteiger partial charge in [-0.15, -0.1) is 12.4 Å². The number of ether oxygens (including phenoxy) is 1. The fourth-order valence-corrected chi connectivity index (χ4v) is 2.02. The van der Waals surface area contributed by atoms with Crippen molar-refractivity contribution in [2.24, 2.45) is 5.73 Å². The summed E-state index contributed by atoms with van der Waals surface area (Å²) in [5, 5.41) is 2.97. The molecule has 1 aromatic rings. The Morgan fingerprint density at radius 3 is 2.14 bits per heavy atom. The monoisotopic (exact) mass is 314 g/mol. The van der Waals surface area contributed by atoms with Crippen LogP contribution in [0.5, 0.6) is 0 Å². The van der Waals surface area contributed by atoms with Crippen molar-refractivity contribution < 1.29 is 9.53 Å². The van der Waals surface area contributed by atoms with E-state index in [-0.39, 0.29) is 30.5 Å². The van der Waals surface area contributed by atoms with E-state index in [9.17, 15) is 4.79 Å². The third-order valence-electron chi connectivity index (χ3n) is 3.49. The molecule has 5 heteroatoms. The highest BCUT2D eigenvalue weighted by molar-refractivity contribution is 5.85. The molecule has 0 bridgehead atoms. The van der Waals surface area contributed by atoms with Crippen molar-refractivity contribution in [2.75, 3.05) is 13.7 Å². The molecule has 4 nitrogen and oxygen atoms in total. The summed E-state index contributed by atoms with van der Waals surface area (Å²) in [6, 6.07) is 8.34. The maximum absolute atomic E-state index is 11.9. The third kappa shape index (κ3) is 6.46. The third-order valence-corrected chi connectivity index (χ3v) is 3.49. The predicted molar refractivity (Wildman–Crippen MR) is 88.8 cm³/mol. The van der Waals surface area contributed by atoms with Crippen LogP contribution >= 0.6 is 12.4 Å². The predicted octanol–water partition coefficient (Wildman–Crippen LogP) is 2.77. The highest BCUT2D eigenvalue weighted by Gasteiger charge is 2.14. The molecule has 0 aromatic heterocycles. The van der Waals surface area contributed by atoms with Crippen LogP contribution in [0.1, 0.15) is 50.3 Å². The molecule has 0 aliphatic carbocycles. The van der Waals surface area contributed by atoms with Crippen LogP contribution in [0.25, 0.3) is 0 Å². The smallest absolute Gasteiger partial charge is 0.223 e. The summed E-state index contributed by atoms with van der Waals surface area (Å²) in [4.78, 5) is 11.9. The SMILES string of the molecule is COC(CN)CC(=O)NC(C)c1ccc(C(C)C)cc1.Cl. The summed E-state index contributed by atoms with van der Waals surface area (Å²) in [6.07, 6.45) is 0.0760. The molecule has 0 fully saturated rings. The van der Waals surface area contributed by atoms with Gasteiger partial charge >= 0.3 is 0 Å². The van der Waals surface area contributed by atoms with Crippen LogP contribution in [0.2, 0.25) is 0 Å². The van der Waals surface area contributed by atoms with Gasteiger partial charge in [-0.05, 0) is 24.0 Å². The zero-order valence-corrected chi connectivity index (χ0v) is 14.1. The maximum Gasteiger partial charge on any atom is 0.223 e. The van der Waals surface area contributed by atoms with E-state index in [1.165, 1.54) is 5.56 Å². The van der Waals surface area contributed by atoms with Gasteiger partial charge in [0.25, 0.3) is 0 Å². The summed E-state index contributed by atoms with van der Waals surface area (Å²) < 4.78 is 5.11. The molecule has 0 aliphatic rings. The van der Waals surface area contributed by atoms with Gasteiger partial charge in [0.05, 0.1) is 18.6 Å².